The summed E-state index contributed by atoms with van der Waals surface area (Å²) in [7, 11) is 0. The van der Waals surface area contributed by atoms with Gasteiger partial charge in [0.1, 0.15) is 0 Å². The Balaban J connectivity index is 1.58. The van der Waals surface area contributed by atoms with Crippen LogP contribution < -0.4 is 5.32 Å². The number of nitrogens with one attached hydrogen (secondary N) is 1. The van der Waals surface area contributed by atoms with Gasteiger partial charge in [0.15, 0.2) is 0 Å². The van der Waals surface area contributed by atoms with Crippen LogP contribution in [0.3, 0.4) is 0 Å². The van der Waals surface area contributed by atoms with Gasteiger partial charge in [0.05, 0.1) is 0 Å². The van der Waals surface area contributed by atoms with Gasteiger partial charge in [-0.3, -0.25) is 4.90 Å². The molecule has 0 aromatic heterocycles. The van der Waals surface area contributed by atoms with E-state index in [0.717, 1.165) is 6.04 Å². The molecule has 1 aliphatic carbocycles. The molecule has 2 heteroatoms. The summed E-state index contributed by atoms with van der Waals surface area (Å²) >= 11 is 0. The molecule has 1 saturated carbocycles. The van der Waals surface area contributed by atoms with Crippen LogP contribution in [0.1, 0.15) is 44.9 Å². The van der Waals surface area contributed by atoms with Crippen molar-refractivity contribution in [3.05, 3.63) is 0 Å². The van der Waals surface area contributed by atoms with Crippen LogP contribution in [0.25, 0.3) is 0 Å². The molecule has 3 aliphatic rings. The van der Waals surface area contributed by atoms with Crippen LogP contribution in [0.4, 0.5) is 0 Å². The first-order chi connectivity index (χ1) is 7.38. The minimum absolute atomic E-state index is 0.701. The van der Waals surface area contributed by atoms with Crippen molar-refractivity contribution in [2.24, 2.45) is 5.41 Å². The Bertz CT molecular complexity index is 215. The third kappa shape index (κ3) is 1.94. The van der Waals surface area contributed by atoms with E-state index in [9.17, 15) is 0 Å². The summed E-state index contributed by atoms with van der Waals surface area (Å²) in [6.07, 6.45) is 10.3. The van der Waals surface area contributed by atoms with Gasteiger partial charge in [0.2, 0.25) is 0 Å². The Hall–Kier alpha value is -0.0800. The minimum atomic E-state index is 0.701. The molecule has 0 aromatic rings. The first-order valence-corrected chi connectivity index (χ1v) is 6.83. The molecule has 3 rings (SSSR count). The smallest absolute Gasteiger partial charge is 0.00955 e. The number of likely N-dealkylation sites (tertiary alicyclic amines) is 1. The Morgan fingerprint density at radius 2 is 1.73 bits per heavy atom. The first-order valence-electron chi connectivity index (χ1n) is 6.83. The maximum Gasteiger partial charge on any atom is 0.00955 e. The number of hydrogen-bond donors (Lipinski definition) is 1. The summed E-state index contributed by atoms with van der Waals surface area (Å²) in [4.78, 5) is 2.81. The monoisotopic (exact) mass is 208 g/mol. The zero-order chi connectivity index (χ0) is 10.1. The zero-order valence-electron chi connectivity index (χ0n) is 9.80. The van der Waals surface area contributed by atoms with Crippen molar-refractivity contribution < 1.29 is 0 Å². The summed E-state index contributed by atoms with van der Waals surface area (Å²) in [6.45, 7) is 5.35. The Morgan fingerprint density at radius 3 is 2.27 bits per heavy atom. The Kier molecular flexibility index (Phi) is 2.73. The van der Waals surface area contributed by atoms with Crippen molar-refractivity contribution >= 4 is 0 Å². The SMILES string of the molecule is C1CCCC(N2CCC3(CNC3)C2)CC1. The van der Waals surface area contributed by atoms with Gasteiger partial charge in [-0.05, 0) is 25.8 Å². The third-order valence-electron chi connectivity index (χ3n) is 4.81. The molecule has 0 amide bonds. The molecule has 2 aliphatic heterocycles. The summed E-state index contributed by atoms with van der Waals surface area (Å²) in [5, 5.41) is 3.45. The predicted octanol–water partition coefficient (Wildman–Crippen LogP) is 2.00. The van der Waals surface area contributed by atoms with Gasteiger partial charge < -0.3 is 5.32 Å². The van der Waals surface area contributed by atoms with Gasteiger partial charge in [0, 0.05) is 31.1 Å². The fraction of sp³-hybridized carbons (Fsp3) is 1.00. The summed E-state index contributed by atoms with van der Waals surface area (Å²) in [5.74, 6) is 0. The third-order valence-corrected chi connectivity index (χ3v) is 4.81. The van der Waals surface area contributed by atoms with Crippen molar-refractivity contribution in [3.8, 4) is 0 Å². The molecule has 2 nitrogen and oxygen atoms in total. The van der Waals surface area contributed by atoms with E-state index < -0.39 is 0 Å². The molecule has 0 unspecified atom stereocenters. The highest BCUT2D eigenvalue weighted by Gasteiger charge is 2.44. The maximum absolute atomic E-state index is 3.45. The molecule has 0 radical (unpaired) electrons. The Morgan fingerprint density at radius 1 is 1.00 bits per heavy atom. The van der Waals surface area contributed by atoms with E-state index in [2.05, 4.69) is 10.2 Å². The predicted molar refractivity (Wildman–Crippen MR) is 63.0 cm³/mol. The molecule has 2 saturated heterocycles. The van der Waals surface area contributed by atoms with Crippen LogP contribution in [0.2, 0.25) is 0 Å². The van der Waals surface area contributed by atoms with Crippen molar-refractivity contribution in [1.29, 1.82) is 0 Å². The van der Waals surface area contributed by atoms with E-state index in [0.29, 0.717) is 5.41 Å². The molecular weight excluding hydrogens is 184 g/mol. The molecule has 0 aromatic carbocycles. The normalized spacial score (nSPS) is 32.8. The number of rotatable bonds is 1. The minimum Gasteiger partial charge on any atom is -0.315 e. The van der Waals surface area contributed by atoms with Crippen LogP contribution >= 0.6 is 0 Å². The van der Waals surface area contributed by atoms with E-state index in [1.54, 1.807) is 0 Å². The van der Waals surface area contributed by atoms with E-state index in [-0.39, 0.29) is 0 Å². The molecule has 0 bridgehead atoms. The molecular formula is C13H24N2. The standard InChI is InChI=1S/C13H24N2/c1-2-4-6-12(5-3-1)15-8-7-13(11-15)9-14-10-13/h12,14H,1-11H2. The van der Waals surface area contributed by atoms with E-state index in [1.165, 1.54) is 71.1 Å². The van der Waals surface area contributed by atoms with Crippen LogP contribution in [-0.4, -0.2) is 37.1 Å². The molecule has 1 spiro atoms. The Labute approximate surface area is 93.4 Å². The fourth-order valence-electron chi connectivity index (χ4n) is 3.67. The van der Waals surface area contributed by atoms with Gasteiger partial charge in [-0.1, -0.05) is 25.7 Å². The lowest BCUT2D eigenvalue weighted by atomic mass is 9.81. The van der Waals surface area contributed by atoms with Crippen LogP contribution in [0, 0.1) is 5.41 Å². The van der Waals surface area contributed by atoms with Gasteiger partial charge in [-0.2, -0.15) is 0 Å². The van der Waals surface area contributed by atoms with Crippen molar-refractivity contribution in [3.63, 3.8) is 0 Å². The highest BCUT2D eigenvalue weighted by molar-refractivity contribution is 5.00. The van der Waals surface area contributed by atoms with Crippen molar-refractivity contribution in [1.82, 2.24) is 10.2 Å². The highest BCUT2D eigenvalue weighted by Crippen LogP contribution is 2.37. The number of hydrogen-bond acceptors (Lipinski definition) is 2. The molecule has 2 heterocycles. The zero-order valence-corrected chi connectivity index (χ0v) is 9.80. The molecule has 3 fully saturated rings. The fourth-order valence-corrected chi connectivity index (χ4v) is 3.67. The van der Waals surface area contributed by atoms with Crippen molar-refractivity contribution in [2.45, 2.75) is 51.0 Å². The quantitative estimate of drug-likeness (QED) is 0.663. The second-order valence-corrected chi connectivity index (χ2v) is 5.97. The van der Waals surface area contributed by atoms with E-state index >= 15 is 0 Å². The van der Waals surface area contributed by atoms with Gasteiger partial charge in [0.25, 0.3) is 0 Å². The topological polar surface area (TPSA) is 15.3 Å². The molecule has 1 N–H and O–H groups in total. The second kappa shape index (κ2) is 4.06. The average molecular weight is 208 g/mol. The second-order valence-electron chi connectivity index (χ2n) is 5.97. The summed E-state index contributed by atoms with van der Waals surface area (Å²) < 4.78 is 0. The lowest BCUT2D eigenvalue weighted by Gasteiger charge is -2.40. The summed E-state index contributed by atoms with van der Waals surface area (Å²) in [6, 6.07) is 0.937. The number of nitrogens with zero attached hydrogens (tertiary/aromatic N) is 1. The molecule has 0 atom stereocenters. The van der Waals surface area contributed by atoms with E-state index in [1.807, 2.05) is 0 Å². The van der Waals surface area contributed by atoms with Crippen molar-refractivity contribution in [2.75, 3.05) is 26.2 Å². The van der Waals surface area contributed by atoms with Crippen LogP contribution in [0.15, 0.2) is 0 Å². The first kappa shape index (κ1) is 10.1. The largest absolute Gasteiger partial charge is 0.315 e. The van der Waals surface area contributed by atoms with E-state index in [4.69, 9.17) is 0 Å². The van der Waals surface area contributed by atoms with Gasteiger partial charge in [-0.25, -0.2) is 0 Å². The van der Waals surface area contributed by atoms with Gasteiger partial charge in [-0.15, -0.1) is 0 Å². The lowest BCUT2D eigenvalue weighted by molar-refractivity contribution is 0.142. The van der Waals surface area contributed by atoms with Crippen LogP contribution in [-0.2, 0) is 0 Å². The maximum atomic E-state index is 3.45. The molecule has 86 valence electrons. The summed E-state index contributed by atoms with van der Waals surface area (Å²) in [5.41, 5.74) is 0.701. The van der Waals surface area contributed by atoms with Crippen LogP contribution in [0.5, 0.6) is 0 Å². The highest BCUT2D eigenvalue weighted by atomic mass is 15.2. The molecule has 15 heavy (non-hydrogen) atoms. The average Bonchev–Trinajstić information content (AvgIpc) is 2.48. The lowest BCUT2D eigenvalue weighted by Crippen LogP contribution is -2.55. The van der Waals surface area contributed by atoms with Gasteiger partial charge >= 0.3 is 0 Å².